The van der Waals surface area contributed by atoms with Crippen molar-refractivity contribution >= 4 is 21.7 Å². The molecule has 0 radical (unpaired) electrons. The van der Waals surface area contributed by atoms with Gasteiger partial charge in [0, 0.05) is 0 Å². The van der Waals surface area contributed by atoms with Gasteiger partial charge in [0.2, 0.25) is 0 Å². The number of nitrogens with zero attached hydrogens (tertiary/aromatic N) is 1. The molecule has 0 saturated heterocycles. The Morgan fingerprint density at radius 2 is 1.87 bits per heavy atom. The van der Waals surface area contributed by atoms with Crippen LogP contribution in [0.25, 0.3) is 0 Å². The second-order valence-corrected chi connectivity index (χ2v) is 3.35. The van der Waals surface area contributed by atoms with Crippen molar-refractivity contribution < 1.29 is 22.0 Å². The summed E-state index contributed by atoms with van der Waals surface area (Å²) in [5.74, 6) is -0.620. The van der Waals surface area contributed by atoms with Crippen molar-refractivity contribution in [3.8, 4) is 0 Å². The first kappa shape index (κ1) is 12.2. The van der Waals surface area contributed by atoms with Crippen molar-refractivity contribution in [1.29, 1.82) is 0 Å². The van der Waals surface area contributed by atoms with Crippen LogP contribution in [0.5, 0.6) is 0 Å². The molecule has 0 unspecified atom stereocenters. The zero-order valence-electron chi connectivity index (χ0n) is 6.95. The molecule has 0 bridgehead atoms. The van der Waals surface area contributed by atoms with E-state index in [9.17, 15) is 22.0 Å². The first-order chi connectivity index (χ1) is 6.73. The van der Waals surface area contributed by atoms with E-state index in [0.29, 0.717) is 0 Å². The fourth-order valence-corrected chi connectivity index (χ4v) is 1.42. The standard InChI is InChI=1S/C7H4BrF5N2/c8-4-3(7(11,12)13)1-2(5(9)10)6(14)15-4/h1,5H,(H2,14,15). The summed E-state index contributed by atoms with van der Waals surface area (Å²) in [6, 6.07) is 0.289. The Bertz CT molecular complexity index is 376. The zero-order chi connectivity index (χ0) is 11.8. The lowest BCUT2D eigenvalue weighted by molar-refractivity contribution is -0.138. The summed E-state index contributed by atoms with van der Waals surface area (Å²) in [5.41, 5.74) is 2.85. The van der Waals surface area contributed by atoms with Gasteiger partial charge in [-0.2, -0.15) is 13.2 Å². The van der Waals surface area contributed by atoms with Crippen molar-refractivity contribution in [2.24, 2.45) is 0 Å². The van der Waals surface area contributed by atoms with E-state index in [0.717, 1.165) is 0 Å². The van der Waals surface area contributed by atoms with Gasteiger partial charge in [0.15, 0.2) is 0 Å². The number of hydrogen-bond donors (Lipinski definition) is 1. The molecule has 0 amide bonds. The molecule has 0 aliphatic carbocycles. The van der Waals surface area contributed by atoms with Crippen LogP contribution in [0.2, 0.25) is 0 Å². The first-order valence-electron chi connectivity index (χ1n) is 3.54. The number of anilines is 1. The summed E-state index contributed by atoms with van der Waals surface area (Å²) in [6.07, 6.45) is -7.84. The number of nitrogens with two attached hydrogens (primary N) is 1. The summed E-state index contributed by atoms with van der Waals surface area (Å²) >= 11 is 2.51. The highest BCUT2D eigenvalue weighted by atomic mass is 79.9. The third-order valence-corrected chi connectivity index (χ3v) is 2.18. The lowest BCUT2D eigenvalue weighted by atomic mass is 10.2. The Hall–Kier alpha value is -0.920. The van der Waals surface area contributed by atoms with Gasteiger partial charge >= 0.3 is 6.18 Å². The molecule has 2 nitrogen and oxygen atoms in total. The molecule has 0 aliphatic rings. The van der Waals surface area contributed by atoms with E-state index in [2.05, 4.69) is 20.9 Å². The maximum Gasteiger partial charge on any atom is 0.419 e. The van der Waals surface area contributed by atoms with Crippen LogP contribution in [0.3, 0.4) is 0 Å². The molecule has 15 heavy (non-hydrogen) atoms. The Labute approximate surface area is 89.4 Å². The van der Waals surface area contributed by atoms with Crippen molar-refractivity contribution in [2.45, 2.75) is 12.6 Å². The molecule has 84 valence electrons. The monoisotopic (exact) mass is 290 g/mol. The average molecular weight is 291 g/mol. The maximum atomic E-state index is 12.3. The molecule has 2 N–H and O–H groups in total. The van der Waals surface area contributed by atoms with Gasteiger partial charge < -0.3 is 5.73 Å². The molecule has 1 heterocycles. The first-order valence-corrected chi connectivity index (χ1v) is 4.34. The number of halogens is 6. The SMILES string of the molecule is Nc1nc(Br)c(C(F)(F)F)cc1C(F)F. The van der Waals surface area contributed by atoms with Crippen LogP contribution in [0, 0.1) is 0 Å². The summed E-state index contributed by atoms with van der Waals surface area (Å²) in [4.78, 5) is 3.16. The molecule has 1 rings (SSSR count). The molecule has 0 spiro atoms. The highest BCUT2D eigenvalue weighted by Crippen LogP contribution is 2.37. The normalized spacial score (nSPS) is 12.2. The third kappa shape index (κ3) is 2.55. The summed E-state index contributed by atoms with van der Waals surface area (Å²) < 4.78 is 60.7. The fraction of sp³-hybridized carbons (Fsp3) is 0.286. The highest BCUT2D eigenvalue weighted by Gasteiger charge is 2.35. The van der Waals surface area contributed by atoms with Crippen molar-refractivity contribution in [3.63, 3.8) is 0 Å². The van der Waals surface area contributed by atoms with Gasteiger partial charge in [-0.25, -0.2) is 13.8 Å². The summed E-state index contributed by atoms with van der Waals surface area (Å²) in [7, 11) is 0. The minimum Gasteiger partial charge on any atom is -0.383 e. The predicted octanol–water partition coefficient (Wildman–Crippen LogP) is 3.38. The van der Waals surface area contributed by atoms with E-state index in [1.807, 2.05) is 0 Å². The maximum absolute atomic E-state index is 12.3. The summed E-state index contributed by atoms with van der Waals surface area (Å²) in [6.45, 7) is 0. The fourth-order valence-electron chi connectivity index (χ4n) is 0.893. The molecule has 0 fully saturated rings. The Morgan fingerprint density at radius 1 is 1.33 bits per heavy atom. The highest BCUT2D eigenvalue weighted by molar-refractivity contribution is 9.10. The predicted molar refractivity (Wildman–Crippen MR) is 46.3 cm³/mol. The number of pyridine rings is 1. The lowest BCUT2D eigenvalue weighted by Crippen LogP contribution is -2.10. The van der Waals surface area contributed by atoms with E-state index in [-0.39, 0.29) is 6.07 Å². The van der Waals surface area contributed by atoms with E-state index < -0.39 is 34.1 Å². The van der Waals surface area contributed by atoms with Crippen LogP contribution < -0.4 is 5.73 Å². The van der Waals surface area contributed by atoms with Gasteiger partial charge in [-0.1, -0.05) is 0 Å². The Balaban J connectivity index is 3.37. The van der Waals surface area contributed by atoms with E-state index in [1.165, 1.54) is 0 Å². The second-order valence-electron chi connectivity index (χ2n) is 2.60. The van der Waals surface area contributed by atoms with Crippen molar-refractivity contribution in [3.05, 3.63) is 21.8 Å². The molecule has 0 aromatic carbocycles. The zero-order valence-corrected chi connectivity index (χ0v) is 8.53. The molecule has 8 heteroatoms. The van der Waals surface area contributed by atoms with Crippen LogP contribution in [-0.4, -0.2) is 4.98 Å². The largest absolute Gasteiger partial charge is 0.419 e. The molecule has 0 atom stereocenters. The van der Waals surface area contributed by atoms with Gasteiger partial charge in [-0.15, -0.1) is 0 Å². The second kappa shape index (κ2) is 3.92. The number of nitrogen functional groups attached to an aromatic ring is 1. The van der Waals surface area contributed by atoms with Crippen LogP contribution in [0.15, 0.2) is 10.7 Å². The minimum atomic E-state index is -4.75. The number of alkyl halides is 5. The van der Waals surface area contributed by atoms with E-state index in [4.69, 9.17) is 5.73 Å². The van der Waals surface area contributed by atoms with Gasteiger partial charge in [0.25, 0.3) is 6.43 Å². The van der Waals surface area contributed by atoms with Crippen molar-refractivity contribution in [1.82, 2.24) is 4.98 Å². The Kier molecular flexibility index (Phi) is 3.17. The smallest absolute Gasteiger partial charge is 0.383 e. The molecule has 1 aromatic heterocycles. The molecular formula is C7H4BrF5N2. The van der Waals surface area contributed by atoms with E-state index >= 15 is 0 Å². The van der Waals surface area contributed by atoms with Crippen LogP contribution in [0.4, 0.5) is 27.8 Å². The van der Waals surface area contributed by atoms with Crippen molar-refractivity contribution in [2.75, 3.05) is 5.73 Å². The molecule has 0 saturated carbocycles. The number of rotatable bonds is 1. The molecule has 0 aliphatic heterocycles. The van der Waals surface area contributed by atoms with Crippen LogP contribution in [-0.2, 0) is 6.18 Å². The molecular weight excluding hydrogens is 287 g/mol. The summed E-state index contributed by atoms with van der Waals surface area (Å²) in [5, 5.41) is 0. The van der Waals surface area contributed by atoms with Gasteiger partial charge in [0.05, 0.1) is 11.1 Å². The van der Waals surface area contributed by atoms with E-state index in [1.54, 1.807) is 0 Å². The minimum absolute atomic E-state index is 0.289. The topological polar surface area (TPSA) is 38.9 Å². The average Bonchev–Trinajstić information content (AvgIpc) is 2.00. The van der Waals surface area contributed by atoms with Gasteiger partial charge in [0.1, 0.15) is 10.4 Å². The lowest BCUT2D eigenvalue weighted by Gasteiger charge is -2.11. The Morgan fingerprint density at radius 3 is 2.27 bits per heavy atom. The number of aromatic nitrogens is 1. The van der Waals surface area contributed by atoms with Crippen LogP contribution in [0.1, 0.15) is 17.6 Å². The molecule has 1 aromatic rings. The van der Waals surface area contributed by atoms with Gasteiger partial charge in [-0.05, 0) is 22.0 Å². The number of hydrogen-bond acceptors (Lipinski definition) is 2. The van der Waals surface area contributed by atoms with Gasteiger partial charge in [-0.3, -0.25) is 0 Å². The third-order valence-electron chi connectivity index (χ3n) is 1.58. The quantitative estimate of drug-likeness (QED) is 0.636. The van der Waals surface area contributed by atoms with Crippen LogP contribution >= 0.6 is 15.9 Å².